The van der Waals surface area contributed by atoms with Crippen molar-refractivity contribution in [2.75, 3.05) is 18.4 Å². The minimum atomic E-state index is 0.0580. The number of hydrogen-bond donors (Lipinski definition) is 1. The fourth-order valence-corrected chi connectivity index (χ4v) is 2.80. The van der Waals surface area contributed by atoms with Crippen LogP contribution in [0.25, 0.3) is 0 Å². The van der Waals surface area contributed by atoms with Gasteiger partial charge in [-0.1, -0.05) is 0 Å². The summed E-state index contributed by atoms with van der Waals surface area (Å²) in [5, 5.41) is 2.84. The summed E-state index contributed by atoms with van der Waals surface area (Å²) in [6.45, 7) is 1.74. The number of anilines is 1. The van der Waals surface area contributed by atoms with Crippen molar-refractivity contribution < 1.29 is 9.59 Å². The molecule has 2 amide bonds. The van der Waals surface area contributed by atoms with Crippen molar-refractivity contribution in [2.45, 2.75) is 32.1 Å². The molecule has 1 fully saturated rings. The molecular formula is C15H18N2O2. The Kier molecular flexibility index (Phi) is 3.23. The Morgan fingerprint density at radius 1 is 1.11 bits per heavy atom. The number of nitrogens with zero attached hydrogens (tertiary/aromatic N) is 1. The third-order valence-electron chi connectivity index (χ3n) is 3.89. The van der Waals surface area contributed by atoms with E-state index >= 15 is 0 Å². The van der Waals surface area contributed by atoms with Crippen LogP contribution in [0.2, 0.25) is 0 Å². The quantitative estimate of drug-likeness (QED) is 0.839. The van der Waals surface area contributed by atoms with Crippen LogP contribution in [-0.2, 0) is 11.2 Å². The second kappa shape index (κ2) is 5.03. The standard InChI is InChI=1S/C15H18N2O2/c18-14-7-5-11-10-12(4-6-13(11)16-14)15(19)17-8-2-1-3-9-17/h4,6,10H,1-3,5,7-9H2,(H,16,18). The van der Waals surface area contributed by atoms with Crippen molar-refractivity contribution in [1.29, 1.82) is 0 Å². The molecule has 0 unspecified atom stereocenters. The van der Waals surface area contributed by atoms with Gasteiger partial charge in [0.05, 0.1) is 0 Å². The van der Waals surface area contributed by atoms with Crippen molar-refractivity contribution in [3.63, 3.8) is 0 Å². The maximum atomic E-state index is 12.4. The largest absolute Gasteiger partial charge is 0.339 e. The van der Waals surface area contributed by atoms with Gasteiger partial charge >= 0.3 is 0 Å². The van der Waals surface area contributed by atoms with Crippen LogP contribution in [0.4, 0.5) is 5.69 Å². The molecular weight excluding hydrogens is 240 g/mol. The van der Waals surface area contributed by atoms with Gasteiger partial charge in [-0.25, -0.2) is 0 Å². The van der Waals surface area contributed by atoms with E-state index < -0.39 is 0 Å². The molecule has 1 aromatic rings. The molecule has 0 saturated carbocycles. The van der Waals surface area contributed by atoms with E-state index in [1.165, 1.54) is 6.42 Å². The SMILES string of the molecule is O=C1CCc2cc(C(=O)N3CCCCC3)ccc2N1. The van der Waals surface area contributed by atoms with Crippen LogP contribution in [0, 0.1) is 0 Å². The minimum Gasteiger partial charge on any atom is -0.339 e. The molecule has 0 atom stereocenters. The smallest absolute Gasteiger partial charge is 0.253 e. The molecule has 4 nitrogen and oxygen atoms in total. The lowest BCUT2D eigenvalue weighted by Crippen LogP contribution is -2.35. The van der Waals surface area contributed by atoms with Crippen LogP contribution >= 0.6 is 0 Å². The molecule has 0 spiro atoms. The first-order valence-corrected chi connectivity index (χ1v) is 6.96. The predicted octanol–water partition coefficient (Wildman–Crippen LogP) is 2.20. The predicted molar refractivity (Wildman–Crippen MR) is 73.1 cm³/mol. The van der Waals surface area contributed by atoms with Gasteiger partial charge in [-0.15, -0.1) is 0 Å². The van der Waals surface area contributed by atoms with Gasteiger partial charge in [-0.3, -0.25) is 9.59 Å². The number of likely N-dealkylation sites (tertiary alicyclic amines) is 1. The first-order valence-electron chi connectivity index (χ1n) is 6.96. The lowest BCUT2D eigenvalue weighted by Gasteiger charge is -2.27. The maximum absolute atomic E-state index is 12.4. The van der Waals surface area contributed by atoms with Crippen LogP contribution < -0.4 is 5.32 Å². The van der Waals surface area contributed by atoms with Crippen LogP contribution in [0.3, 0.4) is 0 Å². The normalized spacial score (nSPS) is 18.7. The topological polar surface area (TPSA) is 49.4 Å². The molecule has 3 rings (SSSR count). The van der Waals surface area contributed by atoms with Gasteiger partial charge in [0.15, 0.2) is 0 Å². The third-order valence-corrected chi connectivity index (χ3v) is 3.89. The number of rotatable bonds is 1. The molecule has 19 heavy (non-hydrogen) atoms. The van der Waals surface area contributed by atoms with Crippen molar-refractivity contribution in [2.24, 2.45) is 0 Å². The van der Waals surface area contributed by atoms with Gasteiger partial charge in [0.25, 0.3) is 5.91 Å². The van der Waals surface area contributed by atoms with E-state index in [9.17, 15) is 9.59 Å². The molecule has 4 heteroatoms. The van der Waals surface area contributed by atoms with Crippen LogP contribution in [0.1, 0.15) is 41.6 Å². The van der Waals surface area contributed by atoms with Gasteiger partial charge in [-0.2, -0.15) is 0 Å². The molecule has 2 heterocycles. The van der Waals surface area contributed by atoms with Crippen molar-refractivity contribution in [3.8, 4) is 0 Å². The Labute approximate surface area is 112 Å². The summed E-state index contributed by atoms with van der Waals surface area (Å²) in [6, 6.07) is 5.61. The summed E-state index contributed by atoms with van der Waals surface area (Å²) in [7, 11) is 0. The van der Waals surface area contributed by atoms with Gasteiger partial charge in [-0.05, 0) is 49.4 Å². The van der Waals surface area contributed by atoms with Gasteiger partial charge in [0.1, 0.15) is 0 Å². The highest BCUT2D eigenvalue weighted by Crippen LogP contribution is 2.24. The van der Waals surface area contributed by atoms with E-state index in [4.69, 9.17) is 0 Å². The first kappa shape index (κ1) is 12.2. The summed E-state index contributed by atoms with van der Waals surface area (Å²) < 4.78 is 0. The Morgan fingerprint density at radius 2 is 1.89 bits per heavy atom. The Morgan fingerprint density at radius 3 is 2.68 bits per heavy atom. The van der Waals surface area contributed by atoms with Crippen LogP contribution in [0.5, 0.6) is 0 Å². The summed E-state index contributed by atoms with van der Waals surface area (Å²) >= 11 is 0. The molecule has 1 aromatic carbocycles. The zero-order valence-corrected chi connectivity index (χ0v) is 10.9. The lowest BCUT2D eigenvalue weighted by molar-refractivity contribution is -0.116. The van der Waals surface area contributed by atoms with E-state index in [2.05, 4.69) is 5.32 Å². The number of nitrogens with one attached hydrogen (secondary N) is 1. The Bertz CT molecular complexity index is 519. The molecule has 1 saturated heterocycles. The molecule has 100 valence electrons. The van der Waals surface area contributed by atoms with E-state index in [0.29, 0.717) is 6.42 Å². The maximum Gasteiger partial charge on any atom is 0.253 e. The molecule has 2 aliphatic heterocycles. The van der Waals surface area contributed by atoms with Crippen molar-refractivity contribution in [3.05, 3.63) is 29.3 Å². The third kappa shape index (κ3) is 2.48. The average Bonchev–Trinajstić information content (AvgIpc) is 2.47. The fraction of sp³-hybridized carbons (Fsp3) is 0.467. The highest BCUT2D eigenvalue weighted by atomic mass is 16.2. The Hall–Kier alpha value is -1.84. The Balaban J connectivity index is 1.81. The van der Waals surface area contributed by atoms with Crippen LogP contribution in [0.15, 0.2) is 18.2 Å². The van der Waals surface area contributed by atoms with E-state index in [0.717, 1.165) is 49.2 Å². The number of aryl methyl sites for hydroxylation is 1. The van der Waals surface area contributed by atoms with Gasteiger partial charge in [0.2, 0.25) is 5.91 Å². The fourth-order valence-electron chi connectivity index (χ4n) is 2.80. The van der Waals surface area contributed by atoms with Crippen LogP contribution in [-0.4, -0.2) is 29.8 Å². The highest BCUT2D eigenvalue weighted by molar-refractivity contribution is 5.98. The van der Waals surface area contributed by atoms with Crippen molar-refractivity contribution in [1.82, 2.24) is 4.90 Å². The molecule has 1 N–H and O–H groups in total. The monoisotopic (exact) mass is 258 g/mol. The minimum absolute atomic E-state index is 0.0580. The first-order chi connectivity index (χ1) is 9.24. The summed E-state index contributed by atoms with van der Waals surface area (Å²) in [5.41, 5.74) is 2.67. The second-order valence-corrected chi connectivity index (χ2v) is 5.27. The summed E-state index contributed by atoms with van der Waals surface area (Å²) in [4.78, 5) is 25.6. The van der Waals surface area contributed by atoms with Gasteiger partial charge in [0, 0.05) is 30.8 Å². The highest BCUT2D eigenvalue weighted by Gasteiger charge is 2.21. The number of carbonyl (C=O) groups is 2. The molecule has 0 aliphatic carbocycles. The molecule has 2 aliphatic rings. The lowest BCUT2D eigenvalue weighted by atomic mass is 9.99. The summed E-state index contributed by atoms with van der Waals surface area (Å²) in [5.74, 6) is 0.182. The number of piperidine rings is 1. The molecule has 0 bridgehead atoms. The zero-order chi connectivity index (χ0) is 13.2. The van der Waals surface area contributed by atoms with E-state index in [1.54, 1.807) is 0 Å². The number of hydrogen-bond acceptors (Lipinski definition) is 2. The van der Waals surface area contributed by atoms with Crippen molar-refractivity contribution >= 4 is 17.5 Å². The number of amides is 2. The molecule has 0 aromatic heterocycles. The number of carbonyl (C=O) groups excluding carboxylic acids is 2. The second-order valence-electron chi connectivity index (χ2n) is 5.27. The van der Waals surface area contributed by atoms with E-state index in [1.807, 2.05) is 23.1 Å². The van der Waals surface area contributed by atoms with Gasteiger partial charge < -0.3 is 10.2 Å². The summed E-state index contributed by atoms with van der Waals surface area (Å²) in [6.07, 6.45) is 4.66. The number of fused-ring (bicyclic) bond motifs is 1. The molecule has 0 radical (unpaired) electrons. The van der Waals surface area contributed by atoms with E-state index in [-0.39, 0.29) is 11.8 Å². The number of benzene rings is 1. The zero-order valence-electron chi connectivity index (χ0n) is 10.9. The average molecular weight is 258 g/mol.